The molecule has 0 bridgehead atoms. The van der Waals surface area contributed by atoms with Gasteiger partial charge in [-0.3, -0.25) is 9.59 Å². The Bertz CT molecular complexity index is 952. The highest BCUT2D eigenvalue weighted by molar-refractivity contribution is 5.83. The van der Waals surface area contributed by atoms with Gasteiger partial charge in [-0.25, -0.2) is 0 Å². The molecular formula is C25H29F3N2O2. The zero-order valence-corrected chi connectivity index (χ0v) is 18.6. The average molecular weight is 447 g/mol. The van der Waals surface area contributed by atoms with Crippen LogP contribution in [0.15, 0.2) is 54.6 Å². The van der Waals surface area contributed by atoms with Crippen LogP contribution in [0.4, 0.5) is 13.2 Å². The van der Waals surface area contributed by atoms with Crippen molar-refractivity contribution in [1.82, 2.24) is 10.2 Å². The second-order valence-electron chi connectivity index (χ2n) is 9.58. The van der Waals surface area contributed by atoms with Gasteiger partial charge in [0, 0.05) is 32.0 Å². The summed E-state index contributed by atoms with van der Waals surface area (Å²) in [6.07, 6.45) is -4.16. The lowest BCUT2D eigenvalue weighted by atomic mass is 9.87. The number of rotatable bonds is 5. The van der Waals surface area contributed by atoms with Gasteiger partial charge in [-0.2, -0.15) is 13.2 Å². The molecule has 172 valence electrons. The van der Waals surface area contributed by atoms with Crippen molar-refractivity contribution in [3.63, 3.8) is 0 Å². The molecule has 1 aliphatic rings. The number of hydrogen-bond donors (Lipinski definition) is 1. The number of alkyl halides is 3. The molecule has 4 nitrogen and oxygen atoms in total. The molecule has 0 radical (unpaired) electrons. The molecule has 0 aliphatic carbocycles. The van der Waals surface area contributed by atoms with Crippen LogP contribution in [-0.4, -0.2) is 29.8 Å². The van der Waals surface area contributed by atoms with Crippen molar-refractivity contribution < 1.29 is 22.8 Å². The Morgan fingerprint density at radius 1 is 1.00 bits per heavy atom. The van der Waals surface area contributed by atoms with Crippen LogP contribution in [0.25, 0.3) is 0 Å². The van der Waals surface area contributed by atoms with E-state index in [0.717, 1.165) is 17.7 Å². The standard InChI is InChI=1S/C25H29F3N2O2/c1-24(2,3)13-22(31)30-15-20(18-10-7-11-19(12-18)25(26,27)28)21(16-30)23(32)29-14-17-8-5-4-6-9-17/h4-12,20-21H,13-16H2,1-3H3,(H,29,32)/t20-,21+/m1/s1. The van der Waals surface area contributed by atoms with Crippen molar-refractivity contribution in [2.45, 2.75) is 45.8 Å². The Balaban J connectivity index is 1.83. The molecule has 0 spiro atoms. The van der Waals surface area contributed by atoms with Gasteiger partial charge in [0.05, 0.1) is 11.5 Å². The van der Waals surface area contributed by atoms with Crippen LogP contribution in [0.1, 0.15) is 49.8 Å². The average Bonchev–Trinajstić information content (AvgIpc) is 3.17. The van der Waals surface area contributed by atoms with Gasteiger partial charge < -0.3 is 10.2 Å². The number of carbonyl (C=O) groups excluding carboxylic acids is 2. The Labute approximate surface area is 186 Å². The van der Waals surface area contributed by atoms with Gasteiger partial charge in [-0.1, -0.05) is 69.3 Å². The highest BCUT2D eigenvalue weighted by atomic mass is 19.4. The molecule has 2 aromatic rings. The predicted molar refractivity (Wildman–Crippen MR) is 117 cm³/mol. The third-order valence-corrected chi connectivity index (χ3v) is 5.64. The molecule has 32 heavy (non-hydrogen) atoms. The summed E-state index contributed by atoms with van der Waals surface area (Å²) >= 11 is 0. The summed E-state index contributed by atoms with van der Waals surface area (Å²) in [5.74, 6) is -1.47. The smallest absolute Gasteiger partial charge is 0.352 e. The van der Waals surface area contributed by atoms with Crippen LogP contribution >= 0.6 is 0 Å². The van der Waals surface area contributed by atoms with E-state index >= 15 is 0 Å². The number of likely N-dealkylation sites (tertiary alicyclic amines) is 1. The molecule has 1 aliphatic heterocycles. The fraction of sp³-hybridized carbons (Fsp3) is 0.440. The molecule has 3 rings (SSSR count). The van der Waals surface area contributed by atoms with Gasteiger partial charge in [0.1, 0.15) is 0 Å². The molecular weight excluding hydrogens is 417 g/mol. The van der Waals surface area contributed by atoms with Crippen molar-refractivity contribution >= 4 is 11.8 Å². The minimum Gasteiger partial charge on any atom is -0.352 e. The van der Waals surface area contributed by atoms with Gasteiger partial charge >= 0.3 is 6.18 Å². The van der Waals surface area contributed by atoms with E-state index in [0.29, 0.717) is 18.5 Å². The van der Waals surface area contributed by atoms with Crippen molar-refractivity contribution in [2.75, 3.05) is 13.1 Å². The van der Waals surface area contributed by atoms with E-state index in [1.807, 2.05) is 51.1 Å². The number of nitrogens with one attached hydrogen (secondary N) is 1. The van der Waals surface area contributed by atoms with Crippen molar-refractivity contribution in [3.05, 3.63) is 71.3 Å². The fourth-order valence-electron chi connectivity index (χ4n) is 4.04. The lowest BCUT2D eigenvalue weighted by Crippen LogP contribution is -2.36. The summed E-state index contributed by atoms with van der Waals surface area (Å²) in [6, 6.07) is 14.5. The number of halogens is 3. The van der Waals surface area contributed by atoms with Gasteiger partial charge in [0.2, 0.25) is 11.8 Å². The van der Waals surface area contributed by atoms with E-state index in [1.54, 1.807) is 11.0 Å². The fourth-order valence-corrected chi connectivity index (χ4v) is 4.04. The quantitative estimate of drug-likeness (QED) is 0.703. The summed E-state index contributed by atoms with van der Waals surface area (Å²) in [7, 11) is 0. The van der Waals surface area contributed by atoms with Crippen LogP contribution in [0.3, 0.4) is 0 Å². The zero-order chi connectivity index (χ0) is 23.5. The molecule has 1 heterocycles. The molecule has 1 saturated heterocycles. The van der Waals surface area contributed by atoms with Crippen molar-refractivity contribution in [1.29, 1.82) is 0 Å². The molecule has 0 aromatic heterocycles. The SMILES string of the molecule is CC(C)(C)CC(=O)N1C[C@H](C(=O)NCc2ccccc2)[C@@H](c2cccc(C(F)(F)F)c2)C1. The Hall–Kier alpha value is -2.83. The zero-order valence-electron chi connectivity index (χ0n) is 18.6. The summed E-state index contributed by atoms with van der Waals surface area (Å²) in [4.78, 5) is 27.5. The number of nitrogens with zero attached hydrogens (tertiary/aromatic N) is 1. The van der Waals surface area contributed by atoms with Crippen LogP contribution < -0.4 is 5.32 Å². The summed E-state index contributed by atoms with van der Waals surface area (Å²) in [5.41, 5.74) is 0.370. The molecule has 0 unspecified atom stereocenters. The first-order valence-electron chi connectivity index (χ1n) is 10.7. The van der Waals surface area contributed by atoms with Crippen molar-refractivity contribution in [2.24, 2.45) is 11.3 Å². The Morgan fingerprint density at radius 2 is 1.69 bits per heavy atom. The highest BCUT2D eigenvalue weighted by Gasteiger charge is 2.41. The summed E-state index contributed by atoms with van der Waals surface area (Å²) in [6.45, 7) is 6.59. The number of carbonyl (C=O) groups is 2. The molecule has 1 fully saturated rings. The van der Waals surface area contributed by atoms with Crippen LogP contribution in [0.5, 0.6) is 0 Å². The maximum atomic E-state index is 13.3. The van der Waals surface area contributed by atoms with Gasteiger partial charge in [-0.05, 0) is 22.6 Å². The van der Waals surface area contributed by atoms with E-state index in [1.165, 1.54) is 6.07 Å². The molecule has 2 aromatic carbocycles. The molecule has 7 heteroatoms. The van der Waals surface area contributed by atoms with E-state index < -0.39 is 23.6 Å². The number of amides is 2. The van der Waals surface area contributed by atoms with E-state index in [2.05, 4.69) is 5.32 Å². The highest BCUT2D eigenvalue weighted by Crippen LogP contribution is 2.37. The van der Waals surface area contributed by atoms with Crippen LogP contribution in [0.2, 0.25) is 0 Å². The minimum absolute atomic E-state index is 0.0900. The normalized spacial score (nSPS) is 19.1. The van der Waals surface area contributed by atoms with E-state index in [4.69, 9.17) is 0 Å². The Kier molecular flexibility index (Phi) is 6.96. The topological polar surface area (TPSA) is 49.4 Å². The summed E-state index contributed by atoms with van der Waals surface area (Å²) in [5, 5.41) is 2.89. The molecule has 1 N–H and O–H groups in total. The van der Waals surface area contributed by atoms with Crippen molar-refractivity contribution in [3.8, 4) is 0 Å². The molecule has 2 atom stereocenters. The van der Waals surface area contributed by atoms with Crippen LogP contribution in [0, 0.1) is 11.3 Å². The van der Waals surface area contributed by atoms with E-state index in [-0.39, 0.29) is 30.3 Å². The molecule has 2 amide bonds. The largest absolute Gasteiger partial charge is 0.416 e. The van der Waals surface area contributed by atoms with E-state index in [9.17, 15) is 22.8 Å². The number of hydrogen-bond acceptors (Lipinski definition) is 2. The monoisotopic (exact) mass is 446 g/mol. The van der Waals surface area contributed by atoms with Gasteiger partial charge in [-0.15, -0.1) is 0 Å². The van der Waals surface area contributed by atoms with Crippen LogP contribution in [-0.2, 0) is 22.3 Å². The molecule has 0 saturated carbocycles. The minimum atomic E-state index is -4.47. The van der Waals surface area contributed by atoms with Gasteiger partial charge in [0.25, 0.3) is 0 Å². The lowest BCUT2D eigenvalue weighted by molar-refractivity contribution is -0.137. The second-order valence-corrected chi connectivity index (χ2v) is 9.58. The predicted octanol–water partition coefficient (Wildman–Crippen LogP) is 5.00. The third-order valence-electron chi connectivity index (χ3n) is 5.64. The second kappa shape index (κ2) is 9.35. The third kappa shape index (κ3) is 6.11. The first-order valence-corrected chi connectivity index (χ1v) is 10.7. The maximum absolute atomic E-state index is 13.3. The Morgan fingerprint density at radius 3 is 2.31 bits per heavy atom. The number of benzene rings is 2. The summed E-state index contributed by atoms with van der Waals surface area (Å²) < 4.78 is 39.8. The van der Waals surface area contributed by atoms with Gasteiger partial charge in [0.15, 0.2) is 0 Å². The first-order chi connectivity index (χ1) is 14.9. The maximum Gasteiger partial charge on any atom is 0.416 e. The lowest BCUT2D eigenvalue weighted by Gasteiger charge is -2.23. The first kappa shape index (κ1) is 23.8.